The fraction of sp³-hybridized carbons (Fsp3) is 0.316. The van der Waals surface area contributed by atoms with Crippen molar-refractivity contribution in [2.45, 2.75) is 40.2 Å². The van der Waals surface area contributed by atoms with Crippen LogP contribution in [-0.4, -0.2) is 9.97 Å². The van der Waals surface area contributed by atoms with Crippen LogP contribution in [0.5, 0.6) is 0 Å². The summed E-state index contributed by atoms with van der Waals surface area (Å²) in [5.41, 5.74) is 5.84. The molecule has 3 aromatic rings. The minimum absolute atomic E-state index is 0.214. The van der Waals surface area contributed by atoms with E-state index in [2.05, 4.69) is 36.1 Å². The highest BCUT2D eigenvalue weighted by Gasteiger charge is 2.13. The van der Waals surface area contributed by atoms with Gasteiger partial charge in [-0.25, -0.2) is 9.37 Å². The molecular weight excluding hydrogens is 289 g/mol. The summed E-state index contributed by atoms with van der Waals surface area (Å²) >= 11 is 0. The summed E-state index contributed by atoms with van der Waals surface area (Å²) in [6, 6.07) is 6.53. The van der Waals surface area contributed by atoms with E-state index in [4.69, 9.17) is 0 Å². The molecule has 0 saturated carbocycles. The van der Waals surface area contributed by atoms with Gasteiger partial charge >= 0.3 is 0 Å². The van der Waals surface area contributed by atoms with E-state index in [9.17, 15) is 4.39 Å². The lowest BCUT2D eigenvalue weighted by Gasteiger charge is -2.10. The maximum atomic E-state index is 13.0. The molecule has 4 heteroatoms. The topological polar surface area (TPSA) is 40.7 Å². The summed E-state index contributed by atoms with van der Waals surface area (Å²) in [4.78, 5) is 8.05. The highest BCUT2D eigenvalue weighted by molar-refractivity contribution is 5.94. The zero-order valence-corrected chi connectivity index (χ0v) is 13.8. The van der Waals surface area contributed by atoms with E-state index >= 15 is 0 Å². The van der Waals surface area contributed by atoms with Gasteiger partial charge in [-0.3, -0.25) is 0 Å². The Morgan fingerprint density at radius 2 is 1.91 bits per heavy atom. The second kappa shape index (κ2) is 6.41. The van der Waals surface area contributed by atoms with Crippen LogP contribution in [-0.2, 0) is 13.0 Å². The molecule has 2 aromatic heterocycles. The van der Waals surface area contributed by atoms with Crippen molar-refractivity contribution in [1.29, 1.82) is 0 Å². The molecule has 0 saturated heterocycles. The molecule has 1 aromatic carbocycles. The monoisotopic (exact) mass is 311 g/mol. The fourth-order valence-corrected chi connectivity index (χ4v) is 2.95. The molecule has 0 amide bonds. The molecule has 0 aliphatic carbocycles. The summed E-state index contributed by atoms with van der Waals surface area (Å²) in [5.74, 6) is 0.633. The Labute approximate surface area is 136 Å². The third-order valence-electron chi connectivity index (χ3n) is 4.30. The van der Waals surface area contributed by atoms with Gasteiger partial charge in [-0.1, -0.05) is 25.5 Å². The van der Waals surface area contributed by atoms with Crippen molar-refractivity contribution in [2.75, 3.05) is 5.32 Å². The Morgan fingerprint density at radius 1 is 1.17 bits per heavy atom. The maximum absolute atomic E-state index is 13.0. The minimum atomic E-state index is -0.214. The van der Waals surface area contributed by atoms with Crippen LogP contribution in [0.1, 0.15) is 35.7 Å². The number of halogens is 1. The van der Waals surface area contributed by atoms with Crippen LogP contribution in [0.3, 0.4) is 0 Å². The summed E-state index contributed by atoms with van der Waals surface area (Å²) in [6.07, 6.45) is 4.10. The lowest BCUT2D eigenvalue weighted by atomic mass is 10.0. The van der Waals surface area contributed by atoms with Crippen LogP contribution < -0.4 is 5.32 Å². The number of fused-ring (bicyclic) bond motifs is 1. The van der Waals surface area contributed by atoms with Gasteiger partial charge in [-0.15, -0.1) is 0 Å². The fourth-order valence-electron chi connectivity index (χ4n) is 2.95. The molecular formula is C19H22FN3. The largest absolute Gasteiger partial charge is 0.364 e. The van der Waals surface area contributed by atoms with Gasteiger partial charge < -0.3 is 10.3 Å². The number of pyridine rings is 1. The Morgan fingerprint density at radius 3 is 2.61 bits per heavy atom. The number of aromatic nitrogens is 2. The highest BCUT2D eigenvalue weighted by Crippen LogP contribution is 2.30. The van der Waals surface area contributed by atoms with Crippen molar-refractivity contribution in [3.63, 3.8) is 0 Å². The number of rotatable bonds is 5. The predicted octanol–water partition coefficient (Wildman–Crippen LogP) is 4.88. The number of aromatic amines is 1. The molecule has 0 radical (unpaired) electrons. The van der Waals surface area contributed by atoms with E-state index in [-0.39, 0.29) is 5.82 Å². The Bertz CT molecular complexity index is 819. The van der Waals surface area contributed by atoms with Crippen LogP contribution in [0.15, 0.2) is 30.5 Å². The van der Waals surface area contributed by atoms with Gasteiger partial charge in [-0.2, -0.15) is 0 Å². The number of aryl methyl sites for hydroxylation is 3. The second-order valence-corrected chi connectivity index (χ2v) is 5.99. The van der Waals surface area contributed by atoms with Gasteiger partial charge in [0.15, 0.2) is 5.82 Å². The smallest absolute Gasteiger partial charge is 0.150 e. The molecule has 0 atom stereocenters. The zero-order valence-electron chi connectivity index (χ0n) is 13.8. The number of nitrogens with zero attached hydrogens (tertiary/aromatic N) is 1. The van der Waals surface area contributed by atoms with Gasteiger partial charge in [0.1, 0.15) is 5.82 Å². The normalized spacial score (nSPS) is 11.1. The van der Waals surface area contributed by atoms with Crippen molar-refractivity contribution in [1.82, 2.24) is 9.97 Å². The molecule has 3 rings (SSSR count). The maximum Gasteiger partial charge on any atom is 0.150 e. The van der Waals surface area contributed by atoms with Crippen molar-refractivity contribution in [3.05, 3.63) is 58.7 Å². The minimum Gasteiger partial charge on any atom is -0.364 e. The van der Waals surface area contributed by atoms with Crippen LogP contribution in [0.25, 0.3) is 10.9 Å². The quantitative estimate of drug-likeness (QED) is 0.705. The van der Waals surface area contributed by atoms with E-state index in [1.165, 1.54) is 34.3 Å². The first-order valence-electron chi connectivity index (χ1n) is 8.05. The summed E-state index contributed by atoms with van der Waals surface area (Å²) in [6.45, 7) is 7.04. The molecule has 0 unspecified atom stereocenters. The average Bonchev–Trinajstić information content (AvgIpc) is 2.84. The van der Waals surface area contributed by atoms with Crippen LogP contribution in [0, 0.1) is 19.7 Å². The second-order valence-electron chi connectivity index (χ2n) is 5.99. The third kappa shape index (κ3) is 3.07. The highest BCUT2D eigenvalue weighted by atomic mass is 19.1. The Balaban J connectivity index is 1.93. The molecule has 0 aliphatic rings. The predicted molar refractivity (Wildman–Crippen MR) is 93.3 cm³/mol. The average molecular weight is 311 g/mol. The van der Waals surface area contributed by atoms with E-state index in [0.29, 0.717) is 6.54 Å². The molecule has 2 N–H and O–H groups in total. The lowest BCUT2D eigenvalue weighted by molar-refractivity contribution is 0.627. The lowest BCUT2D eigenvalue weighted by Crippen LogP contribution is -2.03. The first kappa shape index (κ1) is 15.5. The molecule has 0 aliphatic heterocycles. The number of hydrogen-bond donors (Lipinski definition) is 2. The van der Waals surface area contributed by atoms with Crippen LogP contribution in [0.2, 0.25) is 0 Å². The van der Waals surface area contributed by atoms with E-state index in [1.807, 2.05) is 6.20 Å². The van der Waals surface area contributed by atoms with E-state index in [1.54, 1.807) is 12.1 Å². The molecule has 0 fully saturated rings. The Kier molecular flexibility index (Phi) is 4.33. The standard InChI is InChI=1S/C19H22FN3/c1-4-5-15-11-22-19(18-17(15)12(2)13(3)23-18)21-10-14-6-8-16(20)9-7-14/h6-9,11,23H,4-5,10H2,1-3H3,(H,21,22). The molecule has 23 heavy (non-hydrogen) atoms. The van der Waals surface area contributed by atoms with E-state index < -0.39 is 0 Å². The number of benzene rings is 1. The number of H-pyrrole nitrogens is 1. The van der Waals surface area contributed by atoms with Gasteiger partial charge in [0.25, 0.3) is 0 Å². The van der Waals surface area contributed by atoms with Crippen molar-refractivity contribution >= 4 is 16.7 Å². The molecule has 0 bridgehead atoms. The van der Waals surface area contributed by atoms with Crippen LogP contribution in [0.4, 0.5) is 10.2 Å². The summed E-state index contributed by atoms with van der Waals surface area (Å²) in [7, 11) is 0. The van der Waals surface area contributed by atoms with Crippen LogP contribution >= 0.6 is 0 Å². The first-order valence-corrected chi connectivity index (χ1v) is 8.05. The van der Waals surface area contributed by atoms with Gasteiger partial charge in [0.05, 0.1) is 5.52 Å². The van der Waals surface area contributed by atoms with Crippen molar-refractivity contribution in [3.8, 4) is 0 Å². The first-order chi connectivity index (χ1) is 11.1. The third-order valence-corrected chi connectivity index (χ3v) is 4.30. The SMILES string of the molecule is CCCc1cnc(NCc2ccc(F)cc2)c2[nH]c(C)c(C)c12. The van der Waals surface area contributed by atoms with Gasteiger partial charge in [0, 0.05) is 23.8 Å². The molecule has 3 nitrogen and oxygen atoms in total. The van der Waals surface area contributed by atoms with E-state index in [0.717, 1.165) is 29.7 Å². The number of nitrogens with one attached hydrogen (secondary N) is 2. The molecule has 0 spiro atoms. The van der Waals surface area contributed by atoms with Crippen molar-refractivity contribution < 1.29 is 4.39 Å². The summed E-state index contributed by atoms with van der Waals surface area (Å²) in [5, 5.41) is 4.65. The number of hydrogen-bond acceptors (Lipinski definition) is 2. The summed E-state index contributed by atoms with van der Waals surface area (Å²) < 4.78 is 13.0. The van der Waals surface area contributed by atoms with Gasteiger partial charge in [0.2, 0.25) is 0 Å². The van der Waals surface area contributed by atoms with Gasteiger partial charge in [-0.05, 0) is 49.1 Å². The Hall–Kier alpha value is -2.36. The van der Waals surface area contributed by atoms with Crippen molar-refractivity contribution in [2.24, 2.45) is 0 Å². The molecule has 120 valence electrons. The zero-order chi connectivity index (χ0) is 16.4. The molecule has 2 heterocycles. The number of anilines is 1.